The van der Waals surface area contributed by atoms with E-state index in [1.54, 1.807) is 18.5 Å². The Morgan fingerprint density at radius 1 is 1.29 bits per heavy atom. The smallest absolute Gasteiger partial charge is 0.354 e. The number of carbonyl (C=O) groups is 1. The van der Waals surface area contributed by atoms with E-state index in [9.17, 15) is 4.79 Å². The van der Waals surface area contributed by atoms with Crippen LogP contribution in [0.15, 0.2) is 40.8 Å². The van der Waals surface area contributed by atoms with Crippen LogP contribution in [0.1, 0.15) is 16.1 Å². The molecule has 0 saturated carbocycles. The van der Waals surface area contributed by atoms with Crippen LogP contribution in [-0.4, -0.2) is 26.0 Å². The quantitative estimate of drug-likeness (QED) is 0.836. The molecule has 2 heterocycles. The molecule has 17 heavy (non-hydrogen) atoms. The van der Waals surface area contributed by atoms with Crippen LogP contribution in [-0.2, 0) is 0 Å². The monoisotopic (exact) mass is 247 g/mol. The molecule has 86 valence electrons. The summed E-state index contributed by atoms with van der Waals surface area (Å²) in [5.74, 6) is -1.04. The molecule has 0 unspecified atom stereocenters. The van der Waals surface area contributed by atoms with Crippen LogP contribution in [0.25, 0.3) is 0 Å². The molecule has 0 spiro atoms. The zero-order valence-electron chi connectivity index (χ0n) is 8.99. The standard InChI is InChI=1S/C11H9N3O2S/c1-7-5-13-11(14-6-7)17-8-2-3-12-9(4-8)10(15)16/h2-6H,1H3,(H,15,16). The lowest BCUT2D eigenvalue weighted by atomic mass is 10.3. The van der Waals surface area contributed by atoms with Crippen LogP contribution in [0.3, 0.4) is 0 Å². The van der Waals surface area contributed by atoms with E-state index in [2.05, 4.69) is 15.0 Å². The highest BCUT2D eigenvalue weighted by Crippen LogP contribution is 2.24. The van der Waals surface area contributed by atoms with Crippen molar-refractivity contribution in [3.8, 4) is 0 Å². The fourth-order valence-electron chi connectivity index (χ4n) is 1.13. The van der Waals surface area contributed by atoms with Crippen LogP contribution < -0.4 is 0 Å². The van der Waals surface area contributed by atoms with Crippen molar-refractivity contribution >= 4 is 17.7 Å². The topological polar surface area (TPSA) is 76.0 Å². The Hall–Kier alpha value is -1.95. The van der Waals surface area contributed by atoms with Gasteiger partial charge in [-0.3, -0.25) is 0 Å². The number of aromatic carboxylic acids is 1. The Bertz CT molecular complexity index is 543. The lowest BCUT2D eigenvalue weighted by Gasteiger charge is -2.00. The summed E-state index contributed by atoms with van der Waals surface area (Å²) in [5.41, 5.74) is 0.998. The number of carboxylic acids is 1. The molecule has 2 rings (SSSR count). The molecule has 0 aliphatic carbocycles. The van der Waals surface area contributed by atoms with E-state index in [-0.39, 0.29) is 5.69 Å². The van der Waals surface area contributed by atoms with Gasteiger partial charge in [-0.05, 0) is 36.4 Å². The molecule has 0 radical (unpaired) electrons. The Morgan fingerprint density at radius 3 is 2.65 bits per heavy atom. The number of pyridine rings is 1. The molecule has 0 fully saturated rings. The maximum absolute atomic E-state index is 10.7. The summed E-state index contributed by atoms with van der Waals surface area (Å²) >= 11 is 1.30. The first-order valence-corrected chi connectivity index (χ1v) is 5.62. The normalized spacial score (nSPS) is 10.2. The Labute approximate surface area is 102 Å². The molecule has 6 heteroatoms. The second-order valence-corrected chi connectivity index (χ2v) is 4.37. The minimum atomic E-state index is -1.04. The molecule has 2 aromatic heterocycles. The molecule has 0 aliphatic rings. The third-order valence-electron chi connectivity index (χ3n) is 1.92. The molecule has 0 amide bonds. The van der Waals surface area contributed by atoms with Gasteiger partial charge in [0, 0.05) is 23.5 Å². The number of nitrogens with zero attached hydrogens (tertiary/aromatic N) is 3. The van der Waals surface area contributed by atoms with E-state index in [0.717, 1.165) is 10.5 Å². The fraction of sp³-hybridized carbons (Fsp3) is 0.0909. The van der Waals surface area contributed by atoms with Gasteiger partial charge in [0.2, 0.25) is 0 Å². The molecule has 0 aliphatic heterocycles. The summed E-state index contributed by atoms with van der Waals surface area (Å²) in [4.78, 5) is 23.5. The predicted molar refractivity (Wildman–Crippen MR) is 62.1 cm³/mol. The highest BCUT2D eigenvalue weighted by Gasteiger charge is 2.06. The van der Waals surface area contributed by atoms with Gasteiger partial charge in [-0.15, -0.1) is 0 Å². The minimum Gasteiger partial charge on any atom is -0.477 e. The second kappa shape index (κ2) is 4.92. The number of carboxylic acid groups (broad SMARTS) is 1. The van der Waals surface area contributed by atoms with Crippen molar-refractivity contribution in [2.75, 3.05) is 0 Å². The SMILES string of the molecule is Cc1cnc(Sc2ccnc(C(=O)O)c2)nc1. The lowest BCUT2D eigenvalue weighted by Crippen LogP contribution is -1.99. The summed E-state index contributed by atoms with van der Waals surface area (Å²) in [6.07, 6.45) is 4.89. The van der Waals surface area contributed by atoms with Crippen molar-refractivity contribution in [1.82, 2.24) is 15.0 Å². The first kappa shape index (κ1) is 11.5. The highest BCUT2D eigenvalue weighted by molar-refractivity contribution is 7.99. The first-order chi connectivity index (χ1) is 8.15. The number of rotatable bonds is 3. The zero-order valence-corrected chi connectivity index (χ0v) is 9.81. The van der Waals surface area contributed by atoms with E-state index in [0.29, 0.717) is 5.16 Å². The van der Waals surface area contributed by atoms with Gasteiger partial charge in [-0.25, -0.2) is 19.7 Å². The Morgan fingerprint density at radius 2 is 2.00 bits per heavy atom. The van der Waals surface area contributed by atoms with Crippen molar-refractivity contribution in [2.24, 2.45) is 0 Å². The van der Waals surface area contributed by atoms with Crippen molar-refractivity contribution in [3.63, 3.8) is 0 Å². The molecule has 0 bridgehead atoms. The van der Waals surface area contributed by atoms with Crippen LogP contribution >= 0.6 is 11.8 Å². The maximum Gasteiger partial charge on any atom is 0.354 e. The van der Waals surface area contributed by atoms with E-state index in [4.69, 9.17) is 5.11 Å². The molecule has 1 N–H and O–H groups in total. The Kier molecular flexibility index (Phi) is 3.34. The van der Waals surface area contributed by atoms with E-state index < -0.39 is 5.97 Å². The van der Waals surface area contributed by atoms with Crippen molar-refractivity contribution in [3.05, 3.63) is 42.0 Å². The van der Waals surface area contributed by atoms with E-state index >= 15 is 0 Å². The maximum atomic E-state index is 10.7. The van der Waals surface area contributed by atoms with Gasteiger partial charge in [0.05, 0.1) is 0 Å². The zero-order chi connectivity index (χ0) is 12.3. The summed E-state index contributed by atoms with van der Waals surface area (Å²) in [7, 11) is 0. The van der Waals surface area contributed by atoms with Gasteiger partial charge in [0.15, 0.2) is 5.16 Å². The predicted octanol–water partition coefficient (Wildman–Crippen LogP) is 2.03. The van der Waals surface area contributed by atoms with Gasteiger partial charge >= 0.3 is 5.97 Å². The van der Waals surface area contributed by atoms with Crippen LogP contribution in [0.5, 0.6) is 0 Å². The highest BCUT2D eigenvalue weighted by atomic mass is 32.2. The summed E-state index contributed by atoms with van der Waals surface area (Å²) in [6.45, 7) is 1.91. The molecule has 0 atom stereocenters. The second-order valence-electron chi connectivity index (χ2n) is 3.33. The van der Waals surface area contributed by atoms with Gasteiger partial charge < -0.3 is 5.11 Å². The van der Waals surface area contributed by atoms with E-state index in [1.165, 1.54) is 24.0 Å². The van der Waals surface area contributed by atoms with Crippen molar-refractivity contribution in [2.45, 2.75) is 17.0 Å². The molecular formula is C11H9N3O2S. The van der Waals surface area contributed by atoms with Crippen LogP contribution in [0.2, 0.25) is 0 Å². The number of aryl methyl sites for hydroxylation is 1. The number of hydrogen-bond acceptors (Lipinski definition) is 5. The third kappa shape index (κ3) is 3.01. The molecule has 0 saturated heterocycles. The molecule has 0 aromatic carbocycles. The van der Waals surface area contributed by atoms with Gasteiger partial charge in [0.1, 0.15) is 5.69 Å². The molecule has 5 nitrogen and oxygen atoms in total. The number of aromatic nitrogens is 3. The van der Waals surface area contributed by atoms with Crippen molar-refractivity contribution in [1.29, 1.82) is 0 Å². The molecule has 2 aromatic rings. The largest absolute Gasteiger partial charge is 0.477 e. The van der Waals surface area contributed by atoms with Crippen LogP contribution in [0, 0.1) is 6.92 Å². The van der Waals surface area contributed by atoms with Crippen molar-refractivity contribution < 1.29 is 9.90 Å². The molecular weight excluding hydrogens is 238 g/mol. The summed E-state index contributed by atoms with van der Waals surface area (Å²) < 4.78 is 0. The summed E-state index contributed by atoms with van der Waals surface area (Å²) in [6, 6.07) is 3.22. The summed E-state index contributed by atoms with van der Waals surface area (Å²) in [5, 5.41) is 9.39. The fourth-order valence-corrected chi connectivity index (χ4v) is 1.85. The third-order valence-corrected chi connectivity index (χ3v) is 2.80. The number of hydrogen-bond donors (Lipinski definition) is 1. The van der Waals surface area contributed by atoms with Gasteiger partial charge in [-0.1, -0.05) is 0 Å². The lowest BCUT2D eigenvalue weighted by molar-refractivity contribution is 0.0690. The first-order valence-electron chi connectivity index (χ1n) is 4.81. The van der Waals surface area contributed by atoms with E-state index in [1.807, 2.05) is 6.92 Å². The average molecular weight is 247 g/mol. The van der Waals surface area contributed by atoms with Crippen LogP contribution in [0.4, 0.5) is 0 Å². The minimum absolute atomic E-state index is 0.0158. The van der Waals surface area contributed by atoms with Gasteiger partial charge in [0.25, 0.3) is 0 Å². The Balaban J connectivity index is 2.21. The van der Waals surface area contributed by atoms with Gasteiger partial charge in [-0.2, -0.15) is 0 Å². The average Bonchev–Trinajstić information content (AvgIpc) is 2.32.